The number of nitrogens with one attached hydrogen (secondary N) is 1. The standard InChI is InChI=1S/C14H20F3N/c1-4-13(3,5-2)18-12(14(15,16)17)11-9-7-6-8-10-11/h6-10,12,18H,4-5H2,1-3H3. The third-order valence-electron chi connectivity index (χ3n) is 3.51. The summed E-state index contributed by atoms with van der Waals surface area (Å²) >= 11 is 0. The molecule has 1 rings (SSSR count). The monoisotopic (exact) mass is 259 g/mol. The molecular formula is C14H20F3N. The average Bonchev–Trinajstić information content (AvgIpc) is 2.35. The number of benzene rings is 1. The SMILES string of the molecule is CCC(C)(CC)NC(c1ccccc1)C(F)(F)F. The molecule has 0 aliphatic rings. The first kappa shape index (κ1) is 15.0. The zero-order valence-electron chi connectivity index (χ0n) is 11.0. The molecule has 1 nitrogen and oxygen atoms in total. The predicted molar refractivity (Wildman–Crippen MR) is 67.4 cm³/mol. The summed E-state index contributed by atoms with van der Waals surface area (Å²) in [4.78, 5) is 0. The van der Waals surface area contributed by atoms with Crippen molar-refractivity contribution in [1.82, 2.24) is 5.32 Å². The van der Waals surface area contributed by atoms with E-state index in [1.807, 2.05) is 20.8 Å². The Morgan fingerprint density at radius 3 is 1.94 bits per heavy atom. The molecule has 0 bridgehead atoms. The normalized spacial score (nSPS) is 14.6. The van der Waals surface area contributed by atoms with Gasteiger partial charge in [-0.05, 0) is 25.3 Å². The summed E-state index contributed by atoms with van der Waals surface area (Å²) in [6.07, 6.45) is -2.97. The smallest absolute Gasteiger partial charge is 0.297 e. The van der Waals surface area contributed by atoms with E-state index in [1.54, 1.807) is 18.2 Å². The lowest BCUT2D eigenvalue weighted by Crippen LogP contribution is -2.48. The maximum atomic E-state index is 13.1. The molecule has 0 saturated carbocycles. The van der Waals surface area contributed by atoms with Gasteiger partial charge in [-0.1, -0.05) is 44.2 Å². The van der Waals surface area contributed by atoms with E-state index in [-0.39, 0.29) is 5.56 Å². The van der Waals surface area contributed by atoms with E-state index in [9.17, 15) is 13.2 Å². The van der Waals surface area contributed by atoms with Gasteiger partial charge < -0.3 is 0 Å². The van der Waals surface area contributed by atoms with Crippen molar-refractivity contribution < 1.29 is 13.2 Å². The first-order valence-electron chi connectivity index (χ1n) is 6.21. The zero-order valence-corrected chi connectivity index (χ0v) is 11.0. The van der Waals surface area contributed by atoms with Crippen LogP contribution in [0.2, 0.25) is 0 Å². The van der Waals surface area contributed by atoms with Crippen molar-refractivity contribution in [3.63, 3.8) is 0 Å². The third kappa shape index (κ3) is 3.73. The summed E-state index contributed by atoms with van der Waals surface area (Å²) < 4.78 is 39.4. The lowest BCUT2D eigenvalue weighted by atomic mass is 9.92. The summed E-state index contributed by atoms with van der Waals surface area (Å²) in [5, 5.41) is 2.76. The van der Waals surface area contributed by atoms with Crippen molar-refractivity contribution in [3.05, 3.63) is 35.9 Å². The molecule has 1 atom stereocenters. The van der Waals surface area contributed by atoms with Crippen LogP contribution in [0.1, 0.15) is 45.2 Å². The van der Waals surface area contributed by atoms with Gasteiger partial charge in [0.2, 0.25) is 0 Å². The minimum Gasteiger partial charge on any atom is -0.297 e. The summed E-state index contributed by atoms with van der Waals surface area (Å²) in [6.45, 7) is 5.62. The van der Waals surface area contributed by atoms with Crippen molar-refractivity contribution in [2.24, 2.45) is 0 Å². The second kappa shape index (κ2) is 5.74. The Morgan fingerprint density at radius 2 is 1.56 bits per heavy atom. The first-order chi connectivity index (χ1) is 8.32. The van der Waals surface area contributed by atoms with Crippen LogP contribution >= 0.6 is 0 Å². The van der Waals surface area contributed by atoms with Crippen LogP contribution in [0.4, 0.5) is 13.2 Å². The Balaban J connectivity index is 3.02. The molecule has 0 fully saturated rings. The van der Waals surface area contributed by atoms with Crippen LogP contribution in [-0.2, 0) is 0 Å². The highest BCUT2D eigenvalue weighted by Gasteiger charge is 2.43. The molecule has 0 saturated heterocycles. The maximum absolute atomic E-state index is 13.1. The van der Waals surface area contributed by atoms with Crippen LogP contribution in [0.5, 0.6) is 0 Å². The van der Waals surface area contributed by atoms with Crippen molar-refractivity contribution in [2.45, 2.75) is 51.4 Å². The molecule has 0 aliphatic carbocycles. The Labute approximate surface area is 106 Å². The van der Waals surface area contributed by atoms with Gasteiger partial charge in [-0.15, -0.1) is 0 Å². The molecule has 0 spiro atoms. The number of halogens is 3. The topological polar surface area (TPSA) is 12.0 Å². The van der Waals surface area contributed by atoms with Crippen molar-refractivity contribution in [3.8, 4) is 0 Å². The second-order valence-corrected chi connectivity index (χ2v) is 4.80. The van der Waals surface area contributed by atoms with Gasteiger partial charge in [-0.25, -0.2) is 0 Å². The lowest BCUT2D eigenvalue weighted by molar-refractivity contribution is -0.163. The molecule has 0 radical (unpaired) electrons. The van der Waals surface area contributed by atoms with Crippen molar-refractivity contribution >= 4 is 0 Å². The van der Waals surface area contributed by atoms with Gasteiger partial charge in [-0.3, -0.25) is 5.32 Å². The van der Waals surface area contributed by atoms with Crippen LogP contribution in [0, 0.1) is 0 Å². The van der Waals surface area contributed by atoms with Gasteiger partial charge in [0.1, 0.15) is 6.04 Å². The van der Waals surface area contributed by atoms with E-state index in [0.717, 1.165) is 0 Å². The molecule has 1 N–H and O–H groups in total. The van der Waals surface area contributed by atoms with E-state index < -0.39 is 17.8 Å². The average molecular weight is 259 g/mol. The molecule has 1 unspecified atom stereocenters. The van der Waals surface area contributed by atoms with Crippen LogP contribution in [0.15, 0.2) is 30.3 Å². The minimum absolute atomic E-state index is 0.262. The summed E-state index contributed by atoms with van der Waals surface area (Å²) in [7, 11) is 0. The predicted octanol–water partition coefficient (Wildman–Crippen LogP) is 4.46. The van der Waals surface area contributed by atoms with Gasteiger partial charge >= 0.3 is 6.18 Å². The largest absolute Gasteiger partial charge is 0.407 e. The maximum Gasteiger partial charge on any atom is 0.407 e. The first-order valence-corrected chi connectivity index (χ1v) is 6.21. The van der Waals surface area contributed by atoms with Gasteiger partial charge in [0.15, 0.2) is 0 Å². The summed E-state index contributed by atoms with van der Waals surface area (Å²) in [6, 6.07) is 6.39. The molecule has 1 aromatic rings. The molecule has 102 valence electrons. The molecule has 4 heteroatoms. The summed E-state index contributed by atoms with van der Waals surface area (Å²) in [5.74, 6) is 0. The molecule has 1 aromatic carbocycles. The molecule has 0 amide bonds. The summed E-state index contributed by atoms with van der Waals surface area (Å²) in [5.41, 5.74) is -0.242. The highest BCUT2D eigenvalue weighted by Crippen LogP contribution is 2.35. The van der Waals surface area contributed by atoms with Crippen LogP contribution < -0.4 is 5.32 Å². The van der Waals surface area contributed by atoms with Gasteiger partial charge in [0, 0.05) is 5.54 Å². The Morgan fingerprint density at radius 1 is 1.06 bits per heavy atom. The molecule has 0 heterocycles. The van der Waals surface area contributed by atoms with Gasteiger partial charge in [-0.2, -0.15) is 13.2 Å². The van der Waals surface area contributed by atoms with E-state index >= 15 is 0 Å². The number of alkyl halides is 3. The Hall–Kier alpha value is -1.03. The van der Waals surface area contributed by atoms with Crippen molar-refractivity contribution in [2.75, 3.05) is 0 Å². The second-order valence-electron chi connectivity index (χ2n) is 4.80. The van der Waals surface area contributed by atoms with E-state index in [2.05, 4.69) is 5.32 Å². The van der Waals surface area contributed by atoms with E-state index in [1.165, 1.54) is 12.1 Å². The minimum atomic E-state index is -4.28. The lowest BCUT2D eigenvalue weighted by Gasteiger charge is -2.34. The number of hydrogen-bond donors (Lipinski definition) is 1. The fraction of sp³-hybridized carbons (Fsp3) is 0.571. The van der Waals surface area contributed by atoms with Crippen LogP contribution in [-0.4, -0.2) is 11.7 Å². The fourth-order valence-corrected chi connectivity index (χ4v) is 1.80. The number of hydrogen-bond acceptors (Lipinski definition) is 1. The van der Waals surface area contributed by atoms with Gasteiger partial charge in [0.05, 0.1) is 0 Å². The molecule has 18 heavy (non-hydrogen) atoms. The molecule has 0 aliphatic heterocycles. The van der Waals surface area contributed by atoms with Crippen LogP contribution in [0.3, 0.4) is 0 Å². The number of rotatable bonds is 5. The van der Waals surface area contributed by atoms with Gasteiger partial charge in [0.25, 0.3) is 0 Å². The molecule has 0 aromatic heterocycles. The highest BCUT2D eigenvalue weighted by molar-refractivity contribution is 5.21. The quantitative estimate of drug-likeness (QED) is 0.823. The molecular weight excluding hydrogens is 239 g/mol. The van der Waals surface area contributed by atoms with E-state index in [4.69, 9.17) is 0 Å². The third-order valence-corrected chi connectivity index (χ3v) is 3.51. The highest BCUT2D eigenvalue weighted by atomic mass is 19.4. The van der Waals surface area contributed by atoms with Crippen molar-refractivity contribution in [1.29, 1.82) is 0 Å². The Bertz CT molecular complexity index is 355. The Kier molecular flexibility index (Phi) is 4.79. The van der Waals surface area contributed by atoms with E-state index in [0.29, 0.717) is 12.8 Å². The fourth-order valence-electron chi connectivity index (χ4n) is 1.80. The van der Waals surface area contributed by atoms with Crippen LogP contribution in [0.25, 0.3) is 0 Å². The zero-order chi connectivity index (χ0) is 13.8.